The molecule has 1 rings (SSSR count). The first kappa shape index (κ1) is 9.00. The van der Waals surface area contributed by atoms with Crippen molar-refractivity contribution in [2.45, 2.75) is 19.8 Å². The predicted molar refractivity (Wildman–Crippen MR) is 44.7 cm³/mol. The van der Waals surface area contributed by atoms with Gasteiger partial charge in [0.1, 0.15) is 0 Å². The molecule has 1 fully saturated rings. The zero-order valence-corrected chi connectivity index (χ0v) is 7.82. The Hall–Kier alpha value is -0.0900. The first-order valence-corrected chi connectivity index (χ1v) is 5.86. The molecule has 0 aromatic heterocycles. The lowest BCUT2D eigenvalue weighted by Gasteiger charge is -1.99. The molecule has 0 radical (unpaired) electrons. The van der Waals surface area contributed by atoms with Crippen LogP contribution in [0.25, 0.3) is 0 Å². The highest BCUT2D eigenvalue weighted by molar-refractivity contribution is 7.88. The van der Waals surface area contributed by atoms with E-state index in [1.165, 1.54) is 19.1 Å². The van der Waals surface area contributed by atoms with Crippen molar-refractivity contribution in [1.82, 2.24) is 4.72 Å². The van der Waals surface area contributed by atoms with E-state index in [1.54, 1.807) is 0 Å². The summed E-state index contributed by atoms with van der Waals surface area (Å²) >= 11 is 0. The summed E-state index contributed by atoms with van der Waals surface area (Å²) in [6.07, 6.45) is 3.57. The molecule has 0 heterocycles. The minimum Gasteiger partial charge on any atom is -0.215 e. The van der Waals surface area contributed by atoms with Crippen molar-refractivity contribution in [2.75, 3.05) is 12.8 Å². The zero-order valence-electron chi connectivity index (χ0n) is 7.00. The second-order valence-electron chi connectivity index (χ2n) is 3.28. The maximum Gasteiger partial charge on any atom is 0.208 e. The van der Waals surface area contributed by atoms with Crippen molar-refractivity contribution in [3.05, 3.63) is 0 Å². The summed E-state index contributed by atoms with van der Waals surface area (Å²) in [6.45, 7) is 2.78. The molecule has 4 heteroatoms. The standard InChI is InChI=1S/C7H15NO2S/c1-3-6-4-7(6)5-8-11(2,9)10/h6-8H,3-5H2,1-2H3. The van der Waals surface area contributed by atoms with Gasteiger partial charge < -0.3 is 0 Å². The van der Waals surface area contributed by atoms with E-state index in [0.29, 0.717) is 12.5 Å². The molecular formula is C7H15NO2S. The van der Waals surface area contributed by atoms with E-state index in [4.69, 9.17) is 0 Å². The van der Waals surface area contributed by atoms with Gasteiger partial charge in [0.25, 0.3) is 0 Å². The molecule has 0 amide bonds. The van der Waals surface area contributed by atoms with Crippen LogP contribution in [-0.2, 0) is 10.0 Å². The molecule has 1 saturated carbocycles. The Kier molecular flexibility index (Phi) is 2.54. The third-order valence-electron chi connectivity index (χ3n) is 2.20. The van der Waals surface area contributed by atoms with Crippen LogP contribution < -0.4 is 4.72 Å². The van der Waals surface area contributed by atoms with Crippen molar-refractivity contribution in [1.29, 1.82) is 0 Å². The molecule has 0 saturated heterocycles. The molecular weight excluding hydrogens is 162 g/mol. The zero-order chi connectivity index (χ0) is 8.48. The van der Waals surface area contributed by atoms with Gasteiger partial charge in [0.2, 0.25) is 10.0 Å². The molecule has 1 aliphatic carbocycles. The summed E-state index contributed by atoms with van der Waals surface area (Å²) in [6, 6.07) is 0. The third kappa shape index (κ3) is 3.20. The molecule has 11 heavy (non-hydrogen) atoms. The van der Waals surface area contributed by atoms with E-state index in [9.17, 15) is 8.42 Å². The molecule has 66 valence electrons. The van der Waals surface area contributed by atoms with Crippen LogP contribution in [0.4, 0.5) is 0 Å². The molecule has 0 aliphatic heterocycles. The minimum atomic E-state index is -2.96. The Bertz CT molecular complexity index is 223. The van der Waals surface area contributed by atoms with Gasteiger partial charge in [-0.1, -0.05) is 13.3 Å². The van der Waals surface area contributed by atoms with Crippen LogP contribution >= 0.6 is 0 Å². The van der Waals surface area contributed by atoms with Gasteiger partial charge >= 0.3 is 0 Å². The van der Waals surface area contributed by atoms with Gasteiger partial charge in [-0.15, -0.1) is 0 Å². The Labute approximate surface area is 68.2 Å². The van der Waals surface area contributed by atoms with E-state index in [2.05, 4.69) is 11.6 Å². The molecule has 3 nitrogen and oxygen atoms in total. The van der Waals surface area contributed by atoms with Gasteiger partial charge in [-0.25, -0.2) is 13.1 Å². The number of hydrogen-bond acceptors (Lipinski definition) is 2. The fourth-order valence-electron chi connectivity index (χ4n) is 1.32. The fraction of sp³-hybridized carbons (Fsp3) is 1.00. The van der Waals surface area contributed by atoms with E-state index in [1.807, 2.05) is 0 Å². The van der Waals surface area contributed by atoms with E-state index in [-0.39, 0.29) is 0 Å². The Balaban J connectivity index is 2.16. The highest BCUT2D eigenvalue weighted by atomic mass is 32.2. The van der Waals surface area contributed by atoms with E-state index in [0.717, 1.165) is 5.92 Å². The number of sulfonamides is 1. The van der Waals surface area contributed by atoms with Gasteiger partial charge in [-0.2, -0.15) is 0 Å². The maximum atomic E-state index is 10.6. The van der Waals surface area contributed by atoms with E-state index >= 15 is 0 Å². The molecule has 2 atom stereocenters. The molecule has 0 aromatic carbocycles. The number of hydrogen-bond donors (Lipinski definition) is 1. The summed E-state index contributed by atoms with van der Waals surface area (Å²) in [7, 11) is -2.96. The quantitative estimate of drug-likeness (QED) is 0.683. The summed E-state index contributed by atoms with van der Waals surface area (Å²) in [5.41, 5.74) is 0. The van der Waals surface area contributed by atoms with Gasteiger partial charge in [0.05, 0.1) is 6.26 Å². The fourth-order valence-corrected chi connectivity index (χ4v) is 1.84. The molecule has 0 spiro atoms. The lowest BCUT2D eigenvalue weighted by Crippen LogP contribution is -2.24. The first-order valence-electron chi connectivity index (χ1n) is 3.97. The highest BCUT2D eigenvalue weighted by Gasteiger charge is 2.35. The lowest BCUT2D eigenvalue weighted by atomic mass is 10.3. The second kappa shape index (κ2) is 3.11. The van der Waals surface area contributed by atoms with E-state index < -0.39 is 10.0 Å². The van der Waals surface area contributed by atoms with Crippen molar-refractivity contribution in [3.63, 3.8) is 0 Å². The average Bonchev–Trinajstić information content (AvgIpc) is 2.60. The summed E-state index contributed by atoms with van der Waals surface area (Å²) in [5, 5.41) is 0. The molecule has 0 bridgehead atoms. The number of rotatable bonds is 4. The van der Waals surface area contributed by atoms with Gasteiger partial charge in [0.15, 0.2) is 0 Å². The van der Waals surface area contributed by atoms with Crippen molar-refractivity contribution in [3.8, 4) is 0 Å². The molecule has 0 aromatic rings. The van der Waals surface area contributed by atoms with Crippen LogP contribution in [-0.4, -0.2) is 21.2 Å². The summed E-state index contributed by atoms with van der Waals surface area (Å²) < 4.78 is 23.8. The smallest absolute Gasteiger partial charge is 0.208 e. The van der Waals surface area contributed by atoms with Crippen LogP contribution in [0.5, 0.6) is 0 Å². The Morgan fingerprint density at radius 2 is 2.09 bits per heavy atom. The third-order valence-corrected chi connectivity index (χ3v) is 2.89. The highest BCUT2D eigenvalue weighted by Crippen LogP contribution is 2.40. The number of nitrogens with one attached hydrogen (secondary N) is 1. The molecule has 2 unspecified atom stereocenters. The lowest BCUT2D eigenvalue weighted by molar-refractivity contribution is 0.577. The maximum absolute atomic E-state index is 10.6. The first-order chi connectivity index (χ1) is 5.03. The largest absolute Gasteiger partial charge is 0.215 e. The Morgan fingerprint density at radius 1 is 1.45 bits per heavy atom. The van der Waals surface area contributed by atoms with Crippen LogP contribution in [0.2, 0.25) is 0 Å². The van der Waals surface area contributed by atoms with Crippen LogP contribution in [0.3, 0.4) is 0 Å². The van der Waals surface area contributed by atoms with Crippen LogP contribution in [0.1, 0.15) is 19.8 Å². The van der Waals surface area contributed by atoms with Gasteiger partial charge in [0, 0.05) is 6.54 Å². The predicted octanol–water partition coefficient (Wildman–Crippen LogP) is 0.582. The minimum absolute atomic E-state index is 0.606. The normalized spacial score (nSPS) is 30.4. The topological polar surface area (TPSA) is 46.2 Å². The Morgan fingerprint density at radius 3 is 2.45 bits per heavy atom. The van der Waals surface area contributed by atoms with Crippen LogP contribution in [0, 0.1) is 11.8 Å². The second-order valence-corrected chi connectivity index (χ2v) is 5.12. The van der Waals surface area contributed by atoms with Gasteiger partial charge in [-0.3, -0.25) is 0 Å². The van der Waals surface area contributed by atoms with Crippen molar-refractivity contribution < 1.29 is 8.42 Å². The summed E-state index contributed by atoms with van der Waals surface area (Å²) in [5.74, 6) is 1.37. The van der Waals surface area contributed by atoms with Crippen molar-refractivity contribution in [2.24, 2.45) is 11.8 Å². The monoisotopic (exact) mass is 177 g/mol. The summed E-state index contributed by atoms with van der Waals surface area (Å²) in [4.78, 5) is 0. The van der Waals surface area contributed by atoms with Gasteiger partial charge in [-0.05, 0) is 18.3 Å². The molecule has 1 N–H and O–H groups in total. The SMILES string of the molecule is CCC1CC1CNS(C)(=O)=O. The van der Waals surface area contributed by atoms with Crippen molar-refractivity contribution >= 4 is 10.0 Å². The molecule has 1 aliphatic rings. The van der Waals surface area contributed by atoms with Crippen LogP contribution in [0.15, 0.2) is 0 Å². The average molecular weight is 177 g/mol.